The van der Waals surface area contributed by atoms with Crippen LogP contribution in [0.15, 0.2) is 47.4 Å². The van der Waals surface area contributed by atoms with Crippen molar-refractivity contribution in [2.75, 3.05) is 19.4 Å². The van der Waals surface area contributed by atoms with Gasteiger partial charge in [0.05, 0.1) is 4.90 Å². The van der Waals surface area contributed by atoms with E-state index in [-0.39, 0.29) is 10.8 Å². The Morgan fingerprint density at radius 2 is 1.81 bits per heavy atom. The van der Waals surface area contributed by atoms with Gasteiger partial charge in [-0.05, 0) is 56.2 Å². The molecule has 26 heavy (non-hydrogen) atoms. The van der Waals surface area contributed by atoms with Crippen LogP contribution in [-0.2, 0) is 14.8 Å². The van der Waals surface area contributed by atoms with E-state index < -0.39 is 16.1 Å². The molecular formula is C19H24N2O4S. The Labute approximate surface area is 154 Å². The average Bonchev–Trinajstić information content (AvgIpc) is 2.56. The molecule has 0 radical (unpaired) electrons. The molecule has 1 atom stereocenters. The van der Waals surface area contributed by atoms with Gasteiger partial charge in [-0.3, -0.25) is 4.79 Å². The molecule has 0 fully saturated rings. The Hall–Kier alpha value is -2.38. The van der Waals surface area contributed by atoms with Crippen LogP contribution in [0.5, 0.6) is 5.75 Å². The number of nitrogens with one attached hydrogen (secondary N) is 1. The molecule has 0 aromatic heterocycles. The maximum Gasteiger partial charge on any atom is 0.265 e. The largest absolute Gasteiger partial charge is 0.481 e. The summed E-state index contributed by atoms with van der Waals surface area (Å²) in [6.45, 7) is 5.30. The van der Waals surface area contributed by atoms with Gasteiger partial charge < -0.3 is 10.1 Å². The molecule has 2 rings (SSSR count). The molecule has 0 aliphatic carbocycles. The topological polar surface area (TPSA) is 75.7 Å². The van der Waals surface area contributed by atoms with Crippen molar-refractivity contribution in [1.82, 2.24) is 4.31 Å². The van der Waals surface area contributed by atoms with Crippen molar-refractivity contribution in [3.8, 4) is 5.75 Å². The van der Waals surface area contributed by atoms with Crippen LogP contribution in [0, 0.1) is 13.8 Å². The number of amides is 1. The highest BCUT2D eigenvalue weighted by Crippen LogP contribution is 2.23. The van der Waals surface area contributed by atoms with Crippen molar-refractivity contribution in [3.63, 3.8) is 0 Å². The summed E-state index contributed by atoms with van der Waals surface area (Å²) < 4.78 is 31.6. The van der Waals surface area contributed by atoms with Crippen molar-refractivity contribution in [2.24, 2.45) is 0 Å². The van der Waals surface area contributed by atoms with Crippen LogP contribution >= 0.6 is 0 Å². The van der Waals surface area contributed by atoms with E-state index in [0.717, 1.165) is 9.87 Å². The van der Waals surface area contributed by atoms with Gasteiger partial charge in [0.1, 0.15) is 5.75 Å². The fourth-order valence-corrected chi connectivity index (χ4v) is 3.49. The molecule has 0 aliphatic rings. The van der Waals surface area contributed by atoms with E-state index in [0.29, 0.717) is 17.0 Å². The van der Waals surface area contributed by atoms with Gasteiger partial charge in [0.2, 0.25) is 10.0 Å². The lowest BCUT2D eigenvalue weighted by atomic mass is 10.2. The van der Waals surface area contributed by atoms with Crippen LogP contribution in [0.3, 0.4) is 0 Å². The summed E-state index contributed by atoms with van der Waals surface area (Å²) in [7, 11) is -0.649. The highest BCUT2D eigenvalue weighted by molar-refractivity contribution is 7.89. The summed E-state index contributed by atoms with van der Waals surface area (Å²) in [5.74, 6) is 0.246. The van der Waals surface area contributed by atoms with Gasteiger partial charge in [-0.25, -0.2) is 12.7 Å². The second kappa shape index (κ2) is 7.88. The Morgan fingerprint density at radius 3 is 2.42 bits per heavy atom. The van der Waals surface area contributed by atoms with Gasteiger partial charge in [0.25, 0.3) is 5.91 Å². The SMILES string of the molecule is Cc1cccc(OC(C)C(=O)Nc2ccc(C)c(S(=O)(=O)N(C)C)c2)c1. The van der Waals surface area contributed by atoms with Crippen molar-refractivity contribution >= 4 is 21.6 Å². The summed E-state index contributed by atoms with van der Waals surface area (Å²) in [6, 6.07) is 12.2. The minimum atomic E-state index is -3.59. The smallest absolute Gasteiger partial charge is 0.265 e. The highest BCUT2D eigenvalue weighted by Gasteiger charge is 2.21. The zero-order valence-corrected chi connectivity index (χ0v) is 16.4. The Morgan fingerprint density at radius 1 is 1.12 bits per heavy atom. The summed E-state index contributed by atoms with van der Waals surface area (Å²) in [5.41, 5.74) is 2.05. The third-order valence-corrected chi connectivity index (χ3v) is 5.84. The molecule has 140 valence electrons. The zero-order valence-electron chi connectivity index (χ0n) is 15.6. The zero-order chi connectivity index (χ0) is 19.5. The molecule has 0 spiro atoms. The molecule has 2 aromatic rings. The van der Waals surface area contributed by atoms with E-state index in [1.54, 1.807) is 32.0 Å². The number of nitrogens with zero attached hydrogens (tertiary/aromatic N) is 1. The standard InChI is InChI=1S/C19H24N2O4S/c1-13-7-6-8-17(11-13)25-15(3)19(22)20-16-10-9-14(2)18(12-16)26(23,24)21(4)5/h6-12,15H,1-5H3,(H,20,22). The number of aryl methyl sites for hydroxylation is 2. The Balaban J connectivity index is 2.16. The maximum absolute atomic E-state index is 12.4. The minimum Gasteiger partial charge on any atom is -0.481 e. The fraction of sp³-hybridized carbons (Fsp3) is 0.316. The Bertz CT molecular complexity index is 908. The molecule has 0 aliphatic heterocycles. The van der Waals surface area contributed by atoms with E-state index in [1.807, 2.05) is 25.1 Å². The summed E-state index contributed by atoms with van der Waals surface area (Å²) in [4.78, 5) is 12.5. The maximum atomic E-state index is 12.4. The summed E-state index contributed by atoms with van der Waals surface area (Å²) in [5, 5.41) is 2.71. The van der Waals surface area contributed by atoms with Crippen molar-refractivity contribution in [1.29, 1.82) is 0 Å². The van der Waals surface area contributed by atoms with Crippen LogP contribution in [-0.4, -0.2) is 38.8 Å². The molecule has 0 bridgehead atoms. The molecule has 6 nitrogen and oxygen atoms in total. The van der Waals surface area contributed by atoms with Crippen LogP contribution in [0.4, 0.5) is 5.69 Å². The van der Waals surface area contributed by atoms with Crippen molar-refractivity contribution in [3.05, 3.63) is 53.6 Å². The number of carbonyl (C=O) groups excluding carboxylic acids is 1. The number of anilines is 1. The van der Waals surface area contributed by atoms with Crippen molar-refractivity contribution in [2.45, 2.75) is 31.8 Å². The first-order chi connectivity index (χ1) is 12.1. The lowest BCUT2D eigenvalue weighted by Crippen LogP contribution is -2.30. The van der Waals surface area contributed by atoms with Crippen molar-refractivity contribution < 1.29 is 17.9 Å². The number of hydrogen-bond acceptors (Lipinski definition) is 4. The third kappa shape index (κ3) is 4.62. The molecule has 1 amide bonds. The molecule has 0 heterocycles. The van der Waals surface area contributed by atoms with Gasteiger partial charge in [0, 0.05) is 19.8 Å². The van der Waals surface area contributed by atoms with E-state index in [4.69, 9.17) is 4.74 Å². The predicted octanol–water partition coefficient (Wildman–Crippen LogP) is 2.96. The number of carbonyl (C=O) groups is 1. The van der Waals surface area contributed by atoms with Crippen LogP contribution in [0.1, 0.15) is 18.1 Å². The van der Waals surface area contributed by atoms with Crippen LogP contribution in [0.2, 0.25) is 0 Å². The Kier molecular flexibility index (Phi) is 6.05. The normalized spacial score (nSPS) is 12.7. The number of rotatable bonds is 6. The third-order valence-electron chi connectivity index (χ3n) is 3.89. The average molecular weight is 376 g/mol. The van der Waals surface area contributed by atoms with Crippen LogP contribution in [0.25, 0.3) is 0 Å². The number of benzene rings is 2. The molecular weight excluding hydrogens is 352 g/mol. The quantitative estimate of drug-likeness (QED) is 0.841. The first-order valence-corrected chi connectivity index (χ1v) is 9.62. The van der Waals surface area contributed by atoms with Gasteiger partial charge >= 0.3 is 0 Å². The summed E-state index contributed by atoms with van der Waals surface area (Å²) in [6.07, 6.45) is -0.730. The van der Waals surface area contributed by atoms with Gasteiger partial charge in [-0.2, -0.15) is 0 Å². The first-order valence-electron chi connectivity index (χ1n) is 8.18. The highest BCUT2D eigenvalue weighted by atomic mass is 32.2. The predicted molar refractivity (Wildman–Crippen MR) is 102 cm³/mol. The van der Waals surface area contributed by atoms with E-state index in [2.05, 4.69) is 5.32 Å². The molecule has 2 aromatic carbocycles. The molecule has 1 unspecified atom stereocenters. The number of ether oxygens (including phenoxy) is 1. The molecule has 7 heteroatoms. The fourth-order valence-electron chi connectivity index (χ4n) is 2.34. The van der Waals surface area contributed by atoms with E-state index in [9.17, 15) is 13.2 Å². The summed E-state index contributed by atoms with van der Waals surface area (Å²) >= 11 is 0. The van der Waals surface area contributed by atoms with Crippen LogP contribution < -0.4 is 10.1 Å². The van der Waals surface area contributed by atoms with Gasteiger partial charge in [0.15, 0.2) is 6.10 Å². The van der Waals surface area contributed by atoms with Gasteiger partial charge in [-0.15, -0.1) is 0 Å². The first kappa shape index (κ1) is 19.9. The minimum absolute atomic E-state index is 0.160. The second-order valence-electron chi connectivity index (χ2n) is 6.33. The number of hydrogen-bond donors (Lipinski definition) is 1. The van der Waals surface area contributed by atoms with E-state index >= 15 is 0 Å². The molecule has 1 N–H and O–H groups in total. The number of sulfonamides is 1. The monoisotopic (exact) mass is 376 g/mol. The lowest BCUT2D eigenvalue weighted by molar-refractivity contribution is -0.122. The second-order valence-corrected chi connectivity index (χ2v) is 8.45. The lowest BCUT2D eigenvalue weighted by Gasteiger charge is -2.17. The van der Waals surface area contributed by atoms with E-state index in [1.165, 1.54) is 20.2 Å². The molecule has 0 saturated carbocycles. The molecule has 0 saturated heterocycles. The van der Waals surface area contributed by atoms with Gasteiger partial charge in [-0.1, -0.05) is 18.2 Å².